The van der Waals surface area contributed by atoms with Crippen LogP contribution in [0.4, 0.5) is 5.69 Å². The van der Waals surface area contributed by atoms with Gasteiger partial charge in [0.25, 0.3) is 5.91 Å². The Balaban J connectivity index is 0.00000210. The molecule has 0 aliphatic carbocycles. The van der Waals surface area contributed by atoms with Crippen molar-refractivity contribution in [3.8, 4) is 0 Å². The highest BCUT2D eigenvalue weighted by Crippen LogP contribution is 2.31. The molecule has 1 atom stereocenters. The number of likely N-dealkylation sites (tertiary alicyclic amines) is 1. The van der Waals surface area contributed by atoms with Crippen molar-refractivity contribution in [1.29, 1.82) is 0 Å². The van der Waals surface area contributed by atoms with E-state index < -0.39 is 10.0 Å². The summed E-state index contributed by atoms with van der Waals surface area (Å²) >= 11 is 0. The maximum atomic E-state index is 13.3. The van der Waals surface area contributed by atoms with E-state index >= 15 is 0 Å². The third-order valence-electron chi connectivity index (χ3n) is 5.48. The van der Waals surface area contributed by atoms with Gasteiger partial charge in [-0.1, -0.05) is 13.8 Å². The summed E-state index contributed by atoms with van der Waals surface area (Å²) in [5.41, 5.74) is 7.05. The third-order valence-corrected chi connectivity index (χ3v) is 6.39. The Bertz CT molecular complexity index is 829. The molecule has 11 heteroatoms. The average molecular weight is 469 g/mol. The predicted molar refractivity (Wildman–Crippen MR) is 118 cm³/mol. The maximum Gasteiger partial charge on any atom is 0.256 e. The minimum absolute atomic E-state index is 0. The van der Waals surface area contributed by atoms with Crippen LogP contribution in [0.15, 0.2) is 23.1 Å². The highest BCUT2D eigenvalue weighted by atomic mass is 35.5. The van der Waals surface area contributed by atoms with E-state index in [0.717, 1.165) is 0 Å². The Morgan fingerprint density at radius 3 is 2.34 bits per heavy atom. The second-order valence-electron chi connectivity index (χ2n) is 7.93. The zero-order chi connectivity index (χ0) is 19.8. The number of hydrogen-bond donors (Lipinski definition) is 2. The van der Waals surface area contributed by atoms with Gasteiger partial charge in [-0.25, -0.2) is 13.6 Å². The van der Waals surface area contributed by atoms with E-state index in [1.54, 1.807) is 11.0 Å². The minimum atomic E-state index is -3.90. The molecule has 3 rings (SSSR count). The topological polar surface area (TPSA) is 119 Å². The van der Waals surface area contributed by atoms with Crippen molar-refractivity contribution in [3.63, 3.8) is 0 Å². The first-order chi connectivity index (χ1) is 12.6. The molecule has 0 spiro atoms. The number of nitrogens with two attached hydrogens (primary N) is 2. The molecule has 0 radical (unpaired) electrons. The number of carbonyl (C=O) groups excluding carboxylic acids is 1. The molecule has 2 aliphatic heterocycles. The van der Waals surface area contributed by atoms with Crippen LogP contribution in [-0.2, 0) is 14.8 Å². The van der Waals surface area contributed by atoms with Gasteiger partial charge in [-0.15, -0.1) is 24.8 Å². The molecule has 166 valence electrons. The van der Waals surface area contributed by atoms with Gasteiger partial charge in [-0.2, -0.15) is 0 Å². The summed E-state index contributed by atoms with van der Waals surface area (Å²) in [6.45, 7) is 7.57. The number of anilines is 1. The van der Waals surface area contributed by atoms with E-state index in [1.165, 1.54) is 12.1 Å². The van der Waals surface area contributed by atoms with Crippen LogP contribution in [-0.4, -0.2) is 64.7 Å². The summed E-state index contributed by atoms with van der Waals surface area (Å²) in [6.07, 6.45) is 0.709. The van der Waals surface area contributed by atoms with Crippen LogP contribution in [0.5, 0.6) is 0 Å². The van der Waals surface area contributed by atoms with Gasteiger partial charge in [-0.3, -0.25) is 4.79 Å². The van der Waals surface area contributed by atoms with E-state index in [2.05, 4.69) is 0 Å². The molecular weight excluding hydrogens is 439 g/mol. The standard InChI is InChI=1S/C18H28N4O4S.2ClH/c1-18(2)12-22(6-5-16(18)19)17(23)14-11-13(27(20,24)25)3-4-15(14)21-7-9-26-10-8-21;;/h3-4,11,16H,5-10,12,19H2,1-2H3,(H2,20,24,25);2*1H. The van der Waals surface area contributed by atoms with Gasteiger partial charge in [-0.05, 0) is 30.0 Å². The molecular formula is C18H30Cl2N4O4S. The third kappa shape index (κ3) is 5.74. The van der Waals surface area contributed by atoms with Crippen LogP contribution in [0.2, 0.25) is 0 Å². The molecule has 0 bridgehead atoms. The number of benzene rings is 1. The number of halogens is 2. The number of primary sulfonamides is 1. The number of ether oxygens (including phenoxy) is 1. The van der Waals surface area contributed by atoms with Crippen molar-refractivity contribution in [2.75, 3.05) is 44.3 Å². The first-order valence-electron chi connectivity index (χ1n) is 9.14. The lowest BCUT2D eigenvalue weighted by atomic mass is 9.79. The largest absolute Gasteiger partial charge is 0.378 e. The van der Waals surface area contributed by atoms with Crippen molar-refractivity contribution < 1.29 is 17.9 Å². The minimum Gasteiger partial charge on any atom is -0.378 e. The summed E-state index contributed by atoms with van der Waals surface area (Å²) in [7, 11) is -3.90. The Morgan fingerprint density at radius 1 is 1.17 bits per heavy atom. The van der Waals surface area contributed by atoms with E-state index in [-0.39, 0.29) is 47.1 Å². The van der Waals surface area contributed by atoms with E-state index in [9.17, 15) is 13.2 Å². The first-order valence-corrected chi connectivity index (χ1v) is 10.7. The van der Waals surface area contributed by atoms with Gasteiger partial charge in [0.15, 0.2) is 0 Å². The number of carbonyl (C=O) groups is 1. The first kappa shape index (κ1) is 25.9. The van der Waals surface area contributed by atoms with Crippen molar-refractivity contribution >= 4 is 46.4 Å². The number of sulfonamides is 1. The zero-order valence-corrected chi connectivity index (χ0v) is 19.1. The summed E-state index contributed by atoms with van der Waals surface area (Å²) in [4.78, 5) is 17.1. The molecule has 2 heterocycles. The number of rotatable bonds is 3. The molecule has 4 N–H and O–H groups in total. The normalized spacial score (nSPS) is 21.7. The average Bonchev–Trinajstić information content (AvgIpc) is 2.63. The fourth-order valence-electron chi connectivity index (χ4n) is 3.66. The van der Waals surface area contributed by atoms with Crippen LogP contribution in [0, 0.1) is 5.41 Å². The molecule has 0 aromatic heterocycles. The smallest absolute Gasteiger partial charge is 0.256 e. The second kappa shape index (κ2) is 9.80. The molecule has 2 fully saturated rings. The van der Waals surface area contributed by atoms with Crippen LogP contribution >= 0.6 is 24.8 Å². The quantitative estimate of drug-likeness (QED) is 0.687. The van der Waals surface area contributed by atoms with Gasteiger partial charge in [0.1, 0.15) is 0 Å². The maximum absolute atomic E-state index is 13.3. The van der Waals surface area contributed by atoms with Gasteiger partial charge in [0.05, 0.1) is 23.7 Å². The van der Waals surface area contributed by atoms with Gasteiger partial charge in [0, 0.05) is 37.9 Å². The molecule has 1 aromatic carbocycles. The Kier molecular flexibility index (Phi) is 8.77. The lowest BCUT2D eigenvalue weighted by Crippen LogP contribution is -2.54. The van der Waals surface area contributed by atoms with Crippen molar-refractivity contribution in [1.82, 2.24) is 4.90 Å². The predicted octanol–water partition coefficient (Wildman–Crippen LogP) is 1.21. The Labute approximate surface area is 184 Å². The SMILES string of the molecule is CC1(C)CN(C(=O)c2cc(S(N)(=O)=O)ccc2N2CCOCC2)CCC1N.Cl.Cl. The zero-order valence-electron chi connectivity index (χ0n) is 16.7. The molecule has 8 nitrogen and oxygen atoms in total. The highest BCUT2D eigenvalue weighted by molar-refractivity contribution is 7.89. The van der Waals surface area contributed by atoms with Crippen molar-refractivity contribution in [3.05, 3.63) is 23.8 Å². The molecule has 1 amide bonds. The lowest BCUT2D eigenvalue weighted by molar-refractivity contribution is 0.0532. The van der Waals surface area contributed by atoms with Gasteiger partial charge >= 0.3 is 0 Å². The van der Waals surface area contributed by atoms with E-state index in [0.29, 0.717) is 57.1 Å². The fraction of sp³-hybridized carbons (Fsp3) is 0.611. The lowest BCUT2D eigenvalue weighted by Gasteiger charge is -2.43. The van der Waals surface area contributed by atoms with Crippen molar-refractivity contribution in [2.45, 2.75) is 31.2 Å². The molecule has 2 saturated heterocycles. The summed E-state index contributed by atoms with van der Waals surface area (Å²) in [5, 5.41) is 5.29. The highest BCUT2D eigenvalue weighted by Gasteiger charge is 2.36. The molecule has 1 unspecified atom stereocenters. The Morgan fingerprint density at radius 2 is 1.79 bits per heavy atom. The number of nitrogens with zero attached hydrogens (tertiary/aromatic N) is 2. The molecule has 0 saturated carbocycles. The molecule has 1 aromatic rings. The number of morpholine rings is 1. The van der Waals surface area contributed by atoms with Gasteiger partial charge in [0.2, 0.25) is 10.0 Å². The number of hydrogen-bond acceptors (Lipinski definition) is 6. The van der Waals surface area contributed by atoms with Gasteiger partial charge < -0.3 is 20.3 Å². The Hall–Kier alpha value is -1.10. The summed E-state index contributed by atoms with van der Waals surface area (Å²) in [5.74, 6) is -0.193. The van der Waals surface area contributed by atoms with Crippen LogP contribution in [0.1, 0.15) is 30.6 Å². The van der Waals surface area contributed by atoms with Crippen molar-refractivity contribution in [2.24, 2.45) is 16.3 Å². The van der Waals surface area contributed by atoms with E-state index in [4.69, 9.17) is 15.6 Å². The van der Waals surface area contributed by atoms with Crippen LogP contribution in [0.3, 0.4) is 0 Å². The second-order valence-corrected chi connectivity index (χ2v) is 9.50. The monoisotopic (exact) mass is 468 g/mol. The molecule has 29 heavy (non-hydrogen) atoms. The summed E-state index contributed by atoms with van der Waals surface area (Å²) in [6, 6.07) is 4.53. The summed E-state index contributed by atoms with van der Waals surface area (Å²) < 4.78 is 29.0. The van der Waals surface area contributed by atoms with Crippen LogP contribution in [0.25, 0.3) is 0 Å². The van der Waals surface area contributed by atoms with E-state index in [1.807, 2.05) is 18.7 Å². The fourth-order valence-corrected chi connectivity index (χ4v) is 4.20. The number of amides is 1. The number of piperidine rings is 1. The van der Waals surface area contributed by atoms with Crippen LogP contribution < -0.4 is 15.8 Å². The molecule has 2 aliphatic rings.